The van der Waals surface area contributed by atoms with Crippen LogP contribution in [0.4, 0.5) is 17.6 Å². The molecule has 9 heteroatoms. The number of halogens is 4. The number of aromatic nitrogens is 2. The van der Waals surface area contributed by atoms with E-state index in [1.54, 1.807) is 9.13 Å². The molecule has 0 amide bonds. The van der Waals surface area contributed by atoms with Gasteiger partial charge in [-0.15, -0.1) is 0 Å². The molecule has 2 aliphatic carbocycles. The Morgan fingerprint density at radius 3 is 1.14 bits per heavy atom. The summed E-state index contributed by atoms with van der Waals surface area (Å²) in [6.45, 7) is 20.8. The Hall–Kier alpha value is -3.17. The maximum absolute atomic E-state index is 18.0. The molecule has 0 aliphatic heterocycles. The van der Waals surface area contributed by atoms with E-state index >= 15 is 17.6 Å². The van der Waals surface area contributed by atoms with Crippen LogP contribution in [0.25, 0.3) is 11.4 Å². The predicted molar refractivity (Wildman–Crippen MR) is 198 cm³/mol. The molecule has 0 saturated carbocycles. The molecule has 256 valence electrons. The zero-order valence-electron chi connectivity index (χ0n) is 30.2. The number of hydrogen-bond donors (Lipinski definition) is 0. The average Bonchev–Trinajstić information content (AvgIpc) is 3.81. The van der Waals surface area contributed by atoms with E-state index in [2.05, 4.69) is 51.4 Å². The molecule has 4 aromatic rings. The molecule has 2 aromatic heterocycles. The molecule has 49 heavy (non-hydrogen) atoms. The van der Waals surface area contributed by atoms with Crippen LogP contribution in [0.2, 0.25) is 39.3 Å². The van der Waals surface area contributed by atoms with Crippen molar-refractivity contribution >= 4 is 23.9 Å². The summed E-state index contributed by atoms with van der Waals surface area (Å²) in [5, 5.41) is 2.08. The van der Waals surface area contributed by atoms with Crippen molar-refractivity contribution in [2.24, 2.45) is 0 Å². The van der Waals surface area contributed by atoms with Gasteiger partial charge in [0.2, 0.25) is 0 Å². The summed E-state index contributed by atoms with van der Waals surface area (Å²) in [7, 11) is -4.43. The number of rotatable bonds is 8. The Balaban J connectivity index is 1.93. The molecule has 6 rings (SSSR count). The third-order valence-corrected chi connectivity index (χ3v) is 23.3. The van der Waals surface area contributed by atoms with Crippen molar-refractivity contribution in [1.82, 2.24) is 9.13 Å². The molecule has 2 aromatic carbocycles. The Labute approximate surface area is 293 Å². The van der Waals surface area contributed by atoms with Crippen LogP contribution in [0.1, 0.15) is 35.6 Å². The Morgan fingerprint density at radius 2 is 0.837 bits per heavy atom. The van der Waals surface area contributed by atoms with E-state index in [4.69, 9.17) is 0 Å². The average molecular weight is 735 g/mol. The van der Waals surface area contributed by atoms with E-state index in [-0.39, 0.29) is 19.1 Å². The van der Waals surface area contributed by atoms with Gasteiger partial charge in [0.15, 0.2) is 0 Å². The first kappa shape index (κ1) is 35.6. The monoisotopic (exact) mass is 734 g/mol. The Morgan fingerprint density at radius 1 is 0.510 bits per heavy atom. The molecule has 0 bridgehead atoms. The number of aryl methyl sites for hydroxylation is 4. The third-order valence-electron chi connectivity index (χ3n) is 10.3. The standard InChI is InChI=1S/2C12H10F2N.2C8H13Si.Ti/c2*1-8-3-4-9(2)15(8)12-6-5-10(13)7-11(12)14;2*1-9(2,3)8-6-4-5-7-8;/h2*3-6H,1-2H3;2*4,6H,5H2,1-3H3;. The zero-order valence-corrected chi connectivity index (χ0v) is 33.8. The molecular formula is C40H46F4N2Si2Ti. The molecule has 2 nitrogen and oxygen atoms in total. The van der Waals surface area contributed by atoms with Gasteiger partial charge in [-0.2, -0.15) is 0 Å². The van der Waals surface area contributed by atoms with Gasteiger partial charge in [0.1, 0.15) is 0 Å². The van der Waals surface area contributed by atoms with Crippen molar-refractivity contribution in [2.45, 2.75) is 79.8 Å². The van der Waals surface area contributed by atoms with Crippen LogP contribution in [-0.2, 0) is 16.6 Å². The predicted octanol–water partition coefficient (Wildman–Crippen LogP) is 10.3. The molecule has 0 unspecified atom stereocenters. The van der Waals surface area contributed by atoms with Gasteiger partial charge >= 0.3 is 295 Å². The van der Waals surface area contributed by atoms with Crippen molar-refractivity contribution in [1.29, 1.82) is 0 Å². The van der Waals surface area contributed by atoms with Gasteiger partial charge in [-0.25, -0.2) is 0 Å². The fraction of sp³-hybridized carbons (Fsp3) is 0.300. The summed E-state index contributed by atoms with van der Waals surface area (Å²) in [6, 6.07) is 13.2. The third kappa shape index (κ3) is 5.63. The van der Waals surface area contributed by atoms with Gasteiger partial charge in [0.25, 0.3) is 0 Å². The number of nitrogens with zero attached hydrogens (tertiary/aromatic N) is 2. The fourth-order valence-corrected chi connectivity index (χ4v) is 25.1. The van der Waals surface area contributed by atoms with E-state index in [1.165, 1.54) is 24.3 Å². The van der Waals surface area contributed by atoms with Crippen molar-refractivity contribution in [3.63, 3.8) is 0 Å². The SMILES string of the molecule is Cc1ccc(C)n1-c1ccc(F)[c]([Ti]([C]2=C([Si](C)(C)C)C=CC2)([C]2=C([Si](C)(C)C)C=CC2)[c]2c(F)ccc(-n3c(C)ccc3C)c2F)c1F. The minimum atomic E-state index is -5.25. The van der Waals surface area contributed by atoms with E-state index in [1.807, 2.05) is 64.1 Å². The van der Waals surface area contributed by atoms with Crippen LogP contribution < -0.4 is 7.74 Å². The number of allylic oxidation sites excluding steroid dienone is 8. The van der Waals surface area contributed by atoms with Gasteiger partial charge in [0, 0.05) is 0 Å². The van der Waals surface area contributed by atoms with E-state index in [0.717, 1.165) is 40.9 Å². The van der Waals surface area contributed by atoms with Crippen LogP contribution in [0, 0.1) is 51.0 Å². The van der Waals surface area contributed by atoms with Gasteiger partial charge in [-0.1, -0.05) is 0 Å². The van der Waals surface area contributed by atoms with Crippen molar-refractivity contribution < 1.29 is 34.2 Å². The van der Waals surface area contributed by atoms with Crippen molar-refractivity contribution in [3.05, 3.63) is 137 Å². The summed E-state index contributed by atoms with van der Waals surface area (Å²) in [5.41, 5.74) is 3.56. The van der Waals surface area contributed by atoms with Crippen molar-refractivity contribution in [3.8, 4) is 11.4 Å². The first-order valence-corrected chi connectivity index (χ1v) is 27.1. The molecule has 0 N–H and O–H groups in total. The second-order valence-corrected chi connectivity index (χ2v) is 31.5. The second kappa shape index (κ2) is 12.6. The molecular weight excluding hydrogens is 688 g/mol. The van der Waals surface area contributed by atoms with Gasteiger partial charge < -0.3 is 0 Å². The second-order valence-electron chi connectivity index (χ2n) is 15.7. The van der Waals surface area contributed by atoms with E-state index in [0.29, 0.717) is 12.8 Å². The van der Waals surface area contributed by atoms with E-state index < -0.39 is 56.0 Å². The molecule has 2 aliphatic rings. The molecule has 0 radical (unpaired) electrons. The van der Waals surface area contributed by atoms with Crippen LogP contribution in [-0.4, -0.2) is 25.3 Å². The van der Waals surface area contributed by atoms with E-state index in [9.17, 15) is 0 Å². The number of benzene rings is 2. The Kier molecular flexibility index (Phi) is 9.13. The normalized spacial score (nSPS) is 15.5. The van der Waals surface area contributed by atoms with Crippen LogP contribution >= 0.6 is 0 Å². The van der Waals surface area contributed by atoms with Gasteiger partial charge in [-0.3, -0.25) is 0 Å². The van der Waals surface area contributed by atoms with Gasteiger partial charge in [0.05, 0.1) is 0 Å². The molecule has 0 fully saturated rings. The quantitative estimate of drug-likeness (QED) is 0.126. The van der Waals surface area contributed by atoms with Gasteiger partial charge in [-0.05, 0) is 0 Å². The van der Waals surface area contributed by atoms with Crippen LogP contribution in [0.15, 0.2) is 91.0 Å². The first-order chi connectivity index (χ1) is 22.9. The summed E-state index contributed by atoms with van der Waals surface area (Å²) in [6.07, 6.45) is 9.05. The fourth-order valence-electron chi connectivity index (χ4n) is 8.25. The molecule has 2 heterocycles. The maximum atomic E-state index is 18.0. The minimum absolute atomic E-state index is 0.134. The van der Waals surface area contributed by atoms with Crippen LogP contribution in [0.5, 0.6) is 0 Å². The molecule has 0 atom stereocenters. The van der Waals surface area contributed by atoms with Crippen LogP contribution in [0.3, 0.4) is 0 Å². The summed E-state index contributed by atoms with van der Waals surface area (Å²) < 4.78 is 75.6. The molecule has 0 saturated heterocycles. The summed E-state index contributed by atoms with van der Waals surface area (Å²) >= 11 is -5.25. The Bertz CT molecular complexity index is 1940. The summed E-state index contributed by atoms with van der Waals surface area (Å²) in [5.74, 6) is -2.96. The topological polar surface area (TPSA) is 9.86 Å². The summed E-state index contributed by atoms with van der Waals surface area (Å²) in [4.78, 5) is 0. The number of hydrogen-bond acceptors (Lipinski definition) is 0. The first-order valence-electron chi connectivity index (χ1n) is 17.0. The zero-order chi connectivity index (χ0) is 35.8. The molecule has 0 spiro atoms. The van der Waals surface area contributed by atoms with Crippen molar-refractivity contribution in [2.75, 3.05) is 0 Å².